The second-order valence-corrected chi connectivity index (χ2v) is 7.57. The van der Waals surface area contributed by atoms with Crippen LogP contribution < -0.4 is 0 Å². The number of benzene rings is 1. The maximum atomic E-state index is 12.5. The average Bonchev–Trinajstić information content (AvgIpc) is 2.71. The molecule has 2 aromatic rings. The number of nitrogens with zero attached hydrogens (tertiary/aromatic N) is 2. The van der Waals surface area contributed by atoms with Crippen molar-refractivity contribution in [2.75, 3.05) is 6.61 Å². The Bertz CT molecular complexity index is 877. The smallest absolute Gasteiger partial charge is 0.338 e. The normalized spacial score (nSPS) is 26.8. The van der Waals surface area contributed by atoms with E-state index in [9.17, 15) is 9.59 Å². The van der Waals surface area contributed by atoms with Crippen LogP contribution in [0.25, 0.3) is 0 Å². The van der Waals surface area contributed by atoms with E-state index >= 15 is 0 Å². The number of esters is 1. The highest BCUT2D eigenvalue weighted by molar-refractivity contribution is 5.89. The van der Waals surface area contributed by atoms with E-state index in [1.807, 2.05) is 30.5 Å². The SMILES string of the molecule is CCOC(=O)c1ccc([C@]23CCC(=O)[C@@H](C)[C@@H]2CCc2cncnc23)cc1. The van der Waals surface area contributed by atoms with Crippen molar-refractivity contribution in [3.05, 3.63) is 59.2 Å². The van der Waals surface area contributed by atoms with Gasteiger partial charge in [-0.3, -0.25) is 4.79 Å². The molecule has 1 aromatic carbocycles. The fourth-order valence-electron chi connectivity index (χ4n) is 5.04. The molecule has 27 heavy (non-hydrogen) atoms. The van der Waals surface area contributed by atoms with Gasteiger partial charge in [0.1, 0.15) is 12.1 Å². The number of ketones is 1. The van der Waals surface area contributed by atoms with E-state index < -0.39 is 0 Å². The van der Waals surface area contributed by atoms with E-state index in [2.05, 4.69) is 16.9 Å². The van der Waals surface area contributed by atoms with E-state index in [4.69, 9.17) is 4.74 Å². The third-order valence-corrected chi connectivity index (χ3v) is 6.36. The highest BCUT2D eigenvalue weighted by Crippen LogP contribution is 2.54. The lowest BCUT2D eigenvalue weighted by molar-refractivity contribution is -0.128. The molecular weight excluding hydrogens is 340 g/mol. The summed E-state index contributed by atoms with van der Waals surface area (Å²) >= 11 is 0. The zero-order valence-electron chi connectivity index (χ0n) is 15.8. The summed E-state index contributed by atoms with van der Waals surface area (Å²) in [5, 5.41) is 0. The fourth-order valence-corrected chi connectivity index (χ4v) is 5.04. The molecule has 0 spiro atoms. The summed E-state index contributed by atoms with van der Waals surface area (Å²) < 4.78 is 5.10. The molecule has 0 unspecified atom stereocenters. The van der Waals surface area contributed by atoms with Crippen LogP contribution in [0, 0.1) is 11.8 Å². The van der Waals surface area contributed by atoms with E-state index in [1.165, 1.54) is 5.56 Å². The van der Waals surface area contributed by atoms with Crippen LogP contribution in [0.15, 0.2) is 36.8 Å². The monoisotopic (exact) mass is 364 g/mol. The van der Waals surface area contributed by atoms with E-state index in [0.29, 0.717) is 24.4 Å². The molecule has 1 aromatic heterocycles. The summed E-state index contributed by atoms with van der Waals surface area (Å²) in [6, 6.07) is 7.68. The Hall–Kier alpha value is -2.56. The zero-order valence-corrected chi connectivity index (χ0v) is 15.8. The van der Waals surface area contributed by atoms with Crippen molar-refractivity contribution in [3.8, 4) is 0 Å². The molecule has 0 aliphatic heterocycles. The maximum Gasteiger partial charge on any atom is 0.338 e. The van der Waals surface area contributed by atoms with Gasteiger partial charge in [-0.05, 0) is 55.4 Å². The third-order valence-electron chi connectivity index (χ3n) is 6.36. The predicted molar refractivity (Wildman–Crippen MR) is 100 cm³/mol. The standard InChI is InChI=1S/C22H24N2O3/c1-3-27-21(26)15-4-7-17(8-5-15)22-11-10-19(25)14(2)18(22)9-6-16-12-23-13-24-20(16)22/h4-5,7-8,12-14,18H,3,6,9-11H2,1-2H3/t14-,18-,22+/m0/s1. The number of aryl methyl sites for hydroxylation is 1. The van der Waals surface area contributed by atoms with E-state index in [-0.39, 0.29) is 23.2 Å². The van der Waals surface area contributed by atoms with Crippen molar-refractivity contribution in [3.63, 3.8) is 0 Å². The molecule has 2 aliphatic carbocycles. The van der Waals surface area contributed by atoms with Gasteiger partial charge in [-0.15, -0.1) is 0 Å². The van der Waals surface area contributed by atoms with Crippen LogP contribution in [0.4, 0.5) is 0 Å². The number of fused-ring (bicyclic) bond motifs is 3. The van der Waals surface area contributed by atoms with Crippen molar-refractivity contribution in [2.24, 2.45) is 11.8 Å². The van der Waals surface area contributed by atoms with E-state index in [1.54, 1.807) is 13.3 Å². The molecule has 1 fully saturated rings. The minimum atomic E-state index is -0.309. The van der Waals surface area contributed by atoms with E-state index in [0.717, 1.165) is 30.5 Å². The number of rotatable bonds is 3. The summed E-state index contributed by atoms with van der Waals surface area (Å²) in [6.07, 6.45) is 6.68. The fraction of sp³-hybridized carbons (Fsp3) is 0.455. The maximum absolute atomic E-state index is 12.5. The number of hydrogen-bond acceptors (Lipinski definition) is 5. The van der Waals surface area contributed by atoms with Crippen LogP contribution in [0.1, 0.15) is 60.3 Å². The Labute approximate surface area is 159 Å². The van der Waals surface area contributed by atoms with Gasteiger partial charge in [-0.2, -0.15) is 0 Å². The second kappa shape index (κ2) is 6.87. The Morgan fingerprint density at radius 1 is 1.26 bits per heavy atom. The molecule has 0 bridgehead atoms. The van der Waals surface area contributed by atoms with Crippen molar-refractivity contribution in [1.29, 1.82) is 0 Å². The summed E-state index contributed by atoms with van der Waals surface area (Å²) in [7, 11) is 0. The second-order valence-electron chi connectivity index (χ2n) is 7.57. The lowest BCUT2D eigenvalue weighted by Gasteiger charge is -2.50. The molecule has 1 heterocycles. The Morgan fingerprint density at radius 3 is 2.78 bits per heavy atom. The van der Waals surface area contributed by atoms with Crippen molar-refractivity contribution in [1.82, 2.24) is 9.97 Å². The summed E-state index contributed by atoms with van der Waals surface area (Å²) in [4.78, 5) is 33.4. The van der Waals surface area contributed by atoms with Gasteiger partial charge in [0.25, 0.3) is 0 Å². The van der Waals surface area contributed by atoms with Crippen molar-refractivity contribution < 1.29 is 14.3 Å². The molecule has 0 radical (unpaired) electrons. The quantitative estimate of drug-likeness (QED) is 0.780. The first kappa shape index (κ1) is 17.8. The highest BCUT2D eigenvalue weighted by atomic mass is 16.5. The van der Waals surface area contributed by atoms with Crippen LogP contribution in [-0.2, 0) is 21.4 Å². The molecule has 4 rings (SSSR count). The van der Waals surface area contributed by atoms with Crippen molar-refractivity contribution >= 4 is 11.8 Å². The summed E-state index contributed by atoms with van der Waals surface area (Å²) in [5.74, 6) is 0.258. The first-order chi connectivity index (χ1) is 13.1. The lowest BCUT2D eigenvalue weighted by atomic mass is 9.53. The minimum absolute atomic E-state index is 0.00611. The van der Waals surface area contributed by atoms with Crippen LogP contribution in [-0.4, -0.2) is 28.3 Å². The topological polar surface area (TPSA) is 69.2 Å². The van der Waals surface area contributed by atoms with Gasteiger partial charge in [-0.1, -0.05) is 19.1 Å². The minimum Gasteiger partial charge on any atom is -0.462 e. The van der Waals surface area contributed by atoms with Crippen LogP contribution in [0.3, 0.4) is 0 Å². The number of carbonyl (C=O) groups excluding carboxylic acids is 2. The summed E-state index contributed by atoms with van der Waals surface area (Å²) in [5.41, 5.74) is 3.60. The number of ether oxygens (including phenoxy) is 1. The number of Topliss-reactive ketones (excluding diaryl/α,β-unsaturated/α-hetero) is 1. The average molecular weight is 364 g/mol. The van der Waals surface area contributed by atoms with Gasteiger partial charge in [0, 0.05) is 24.0 Å². The Balaban J connectivity index is 1.83. The Kier molecular flexibility index (Phi) is 4.54. The van der Waals surface area contributed by atoms with Gasteiger partial charge < -0.3 is 4.74 Å². The molecule has 0 saturated heterocycles. The first-order valence-corrected chi connectivity index (χ1v) is 9.67. The van der Waals surface area contributed by atoms with Crippen LogP contribution >= 0.6 is 0 Å². The van der Waals surface area contributed by atoms with Gasteiger partial charge in [0.2, 0.25) is 0 Å². The number of aromatic nitrogens is 2. The van der Waals surface area contributed by atoms with Gasteiger partial charge >= 0.3 is 5.97 Å². The van der Waals surface area contributed by atoms with Crippen LogP contribution in [0.2, 0.25) is 0 Å². The molecular formula is C22H24N2O3. The van der Waals surface area contributed by atoms with Gasteiger partial charge in [0.15, 0.2) is 0 Å². The molecule has 5 nitrogen and oxygen atoms in total. The number of carbonyl (C=O) groups is 2. The predicted octanol–water partition coefficient (Wildman–Crippen LogP) is 3.50. The molecule has 2 aliphatic rings. The molecule has 1 saturated carbocycles. The molecule has 0 N–H and O–H groups in total. The third kappa shape index (κ3) is 2.76. The van der Waals surface area contributed by atoms with Gasteiger partial charge in [-0.25, -0.2) is 14.8 Å². The highest BCUT2D eigenvalue weighted by Gasteiger charge is 2.52. The first-order valence-electron chi connectivity index (χ1n) is 9.67. The summed E-state index contributed by atoms with van der Waals surface area (Å²) in [6.45, 7) is 4.21. The molecule has 0 amide bonds. The molecule has 140 valence electrons. The van der Waals surface area contributed by atoms with Gasteiger partial charge in [0.05, 0.1) is 17.9 Å². The zero-order chi connectivity index (χ0) is 19.0. The number of hydrogen-bond donors (Lipinski definition) is 0. The lowest BCUT2D eigenvalue weighted by Crippen LogP contribution is -2.50. The molecule has 3 atom stereocenters. The molecule has 5 heteroatoms. The van der Waals surface area contributed by atoms with Crippen LogP contribution in [0.5, 0.6) is 0 Å². The largest absolute Gasteiger partial charge is 0.462 e. The van der Waals surface area contributed by atoms with Crippen molar-refractivity contribution in [2.45, 2.75) is 44.9 Å². The Morgan fingerprint density at radius 2 is 2.04 bits per heavy atom.